The number of hydrogen-bond donors (Lipinski definition) is 0. The Labute approximate surface area is 106 Å². The van der Waals surface area contributed by atoms with Gasteiger partial charge in [0.05, 0.1) is 11.5 Å². The molecule has 1 rings (SSSR count). The highest BCUT2D eigenvalue weighted by Crippen LogP contribution is 2.45. The minimum Gasteiger partial charge on any atom is -0.381 e. The van der Waals surface area contributed by atoms with Crippen LogP contribution in [0.15, 0.2) is 0 Å². The van der Waals surface area contributed by atoms with Crippen molar-refractivity contribution in [3.05, 3.63) is 0 Å². The molecular formula is C15H27NO. The summed E-state index contributed by atoms with van der Waals surface area (Å²) in [4.78, 5) is 0. The Morgan fingerprint density at radius 2 is 2.18 bits per heavy atom. The fourth-order valence-electron chi connectivity index (χ4n) is 2.66. The largest absolute Gasteiger partial charge is 0.381 e. The molecule has 0 heterocycles. The first-order valence-electron chi connectivity index (χ1n) is 7.11. The average molecular weight is 237 g/mol. The van der Waals surface area contributed by atoms with E-state index in [0.29, 0.717) is 5.92 Å². The number of hydrogen-bond acceptors (Lipinski definition) is 2. The van der Waals surface area contributed by atoms with Crippen molar-refractivity contribution in [2.75, 3.05) is 13.2 Å². The maximum atomic E-state index is 9.37. The Kier molecular flexibility index (Phi) is 5.98. The smallest absolute Gasteiger partial charge is 0.0690 e. The number of ether oxygens (including phenoxy) is 1. The Morgan fingerprint density at radius 3 is 2.71 bits per heavy atom. The predicted molar refractivity (Wildman–Crippen MR) is 70.6 cm³/mol. The van der Waals surface area contributed by atoms with Gasteiger partial charge < -0.3 is 4.74 Å². The summed E-state index contributed by atoms with van der Waals surface area (Å²) in [6.07, 6.45) is 6.67. The van der Waals surface area contributed by atoms with Crippen LogP contribution in [0.1, 0.15) is 59.3 Å². The van der Waals surface area contributed by atoms with E-state index in [1.54, 1.807) is 0 Å². The van der Waals surface area contributed by atoms with E-state index < -0.39 is 0 Å². The minimum absolute atomic E-state index is 0.0709. The highest BCUT2D eigenvalue weighted by molar-refractivity contribution is 5.03. The van der Waals surface area contributed by atoms with E-state index in [2.05, 4.69) is 26.8 Å². The molecule has 1 aliphatic carbocycles. The molecule has 0 aromatic rings. The van der Waals surface area contributed by atoms with E-state index in [0.717, 1.165) is 44.8 Å². The monoisotopic (exact) mass is 237 g/mol. The molecule has 0 bridgehead atoms. The molecule has 2 heteroatoms. The van der Waals surface area contributed by atoms with Crippen LogP contribution in [0.25, 0.3) is 0 Å². The van der Waals surface area contributed by atoms with Crippen LogP contribution in [0.4, 0.5) is 0 Å². The van der Waals surface area contributed by atoms with Crippen molar-refractivity contribution in [2.45, 2.75) is 59.3 Å². The van der Waals surface area contributed by atoms with E-state index in [1.165, 1.54) is 12.8 Å². The van der Waals surface area contributed by atoms with Crippen LogP contribution < -0.4 is 0 Å². The van der Waals surface area contributed by atoms with Crippen molar-refractivity contribution < 1.29 is 4.74 Å². The molecule has 2 nitrogen and oxygen atoms in total. The molecular weight excluding hydrogens is 210 g/mol. The average Bonchev–Trinajstić information content (AvgIpc) is 2.73. The summed E-state index contributed by atoms with van der Waals surface area (Å²) in [5.74, 6) is 1.47. The normalized spacial score (nSPS) is 28.5. The zero-order valence-electron chi connectivity index (χ0n) is 11.7. The maximum Gasteiger partial charge on any atom is 0.0690 e. The minimum atomic E-state index is -0.0709. The first-order valence-corrected chi connectivity index (χ1v) is 7.11. The molecule has 1 saturated carbocycles. The summed E-state index contributed by atoms with van der Waals surface area (Å²) in [5.41, 5.74) is -0.0709. The van der Waals surface area contributed by atoms with Gasteiger partial charge in [0.1, 0.15) is 0 Å². The van der Waals surface area contributed by atoms with Crippen LogP contribution >= 0.6 is 0 Å². The maximum absolute atomic E-state index is 9.37. The topological polar surface area (TPSA) is 33.0 Å². The van der Waals surface area contributed by atoms with E-state index in [9.17, 15) is 5.26 Å². The summed E-state index contributed by atoms with van der Waals surface area (Å²) in [5, 5.41) is 9.37. The lowest BCUT2D eigenvalue weighted by Gasteiger charge is -2.20. The van der Waals surface area contributed by atoms with E-state index >= 15 is 0 Å². The standard InChI is InChI=1S/C15H27NO/c1-4-14-5-7-15(11-14,12-16)8-10-17-9-6-13(2)3/h13-14H,4-11H2,1-3H3. The van der Waals surface area contributed by atoms with E-state index in [-0.39, 0.29) is 5.41 Å². The van der Waals surface area contributed by atoms with Crippen molar-refractivity contribution in [1.29, 1.82) is 5.26 Å². The summed E-state index contributed by atoms with van der Waals surface area (Å²) in [7, 11) is 0. The Bertz CT molecular complexity index is 256. The first-order chi connectivity index (χ1) is 8.12. The lowest BCUT2D eigenvalue weighted by molar-refractivity contribution is 0.1000. The lowest BCUT2D eigenvalue weighted by atomic mass is 9.83. The molecule has 2 atom stereocenters. The predicted octanol–water partition coefficient (Wildman–Crippen LogP) is 4.16. The van der Waals surface area contributed by atoms with Gasteiger partial charge in [-0.15, -0.1) is 0 Å². The highest BCUT2D eigenvalue weighted by Gasteiger charge is 2.38. The van der Waals surface area contributed by atoms with Crippen LogP contribution in [0.2, 0.25) is 0 Å². The summed E-state index contributed by atoms with van der Waals surface area (Å²) in [6.45, 7) is 8.26. The third kappa shape index (κ3) is 4.68. The second-order valence-corrected chi connectivity index (χ2v) is 5.95. The lowest BCUT2D eigenvalue weighted by Crippen LogP contribution is -2.17. The molecule has 17 heavy (non-hydrogen) atoms. The SMILES string of the molecule is CCC1CCC(C#N)(CCOCCC(C)C)C1. The molecule has 0 N–H and O–H groups in total. The third-order valence-corrected chi connectivity index (χ3v) is 4.09. The fourth-order valence-corrected chi connectivity index (χ4v) is 2.66. The Morgan fingerprint density at radius 1 is 1.41 bits per heavy atom. The van der Waals surface area contributed by atoms with Crippen molar-refractivity contribution in [3.8, 4) is 6.07 Å². The number of rotatable bonds is 7. The highest BCUT2D eigenvalue weighted by atomic mass is 16.5. The van der Waals surface area contributed by atoms with Gasteiger partial charge >= 0.3 is 0 Å². The molecule has 0 aliphatic heterocycles. The van der Waals surface area contributed by atoms with Gasteiger partial charge in [-0.05, 0) is 43.9 Å². The van der Waals surface area contributed by atoms with Crippen LogP contribution in [-0.4, -0.2) is 13.2 Å². The Hall–Kier alpha value is -0.550. The van der Waals surface area contributed by atoms with Crippen molar-refractivity contribution in [2.24, 2.45) is 17.3 Å². The molecule has 1 fully saturated rings. The van der Waals surface area contributed by atoms with Gasteiger partial charge in [0.15, 0.2) is 0 Å². The van der Waals surface area contributed by atoms with Crippen molar-refractivity contribution in [1.82, 2.24) is 0 Å². The van der Waals surface area contributed by atoms with Gasteiger partial charge in [-0.2, -0.15) is 5.26 Å². The molecule has 0 amide bonds. The van der Waals surface area contributed by atoms with Crippen LogP contribution in [0, 0.1) is 28.6 Å². The molecule has 98 valence electrons. The van der Waals surface area contributed by atoms with Crippen molar-refractivity contribution in [3.63, 3.8) is 0 Å². The second-order valence-electron chi connectivity index (χ2n) is 5.95. The van der Waals surface area contributed by atoms with Gasteiger partial charge in [-0.3, -0.25) is 0 Å². The summed E-state index contributed by atoms with van der Waals surface area (Å²) < 4.78 is 5.65. The van der Waals surface area contributed by atoms with Crippen LogP contribution in [0.3, 0.4) is 0 Å². The van der Waals surface area contributed by atoms with Gasteiger partial charge in [0, 0.05) is 13.2 Å². The Balaban J connectivity index is 2.22. The molecule has 0 aromatic carbocycles. The zero-order chi connectivity index (χ0) is 12.7. The molecule has 0 saturated heterocycles. The van der Waals surface area contributed by atoms with Gasteiger partial charge in [0.25, 0.3) is 0 Å². The van der Waals surface area contributed by atoms with E-state index in [1.807, 2.05) is 0 Å². The number of nitrogens with zero attached hydrogens (tertiary/aromatic N) is 1. The molecule has 2 unspecified atom stereocenters. The zero-order valence-corrected chi connectivity index (χ0v) is 11.7. The molecule has 1 aliphatic rings. The van der Waals surface area contributed by atoms with E-state index in [4.69, 9.17) is 4.74 Å². The molecule has 0 spiro atoms. The third-order valence-electron chi connectivity index (χ3n) is 4.09. The van der Waals surface area contributed by atoms with Gasteiger partial charge in [-0.25, -0.2) is 0 Å². The van der Waals surface area contributed by atoms with Gasteiger partial charge in [0.2, 0.25) is 0 Å². The van der Waals surface area contributed by atoms with Crippen LogP contribution in [0.5, 0.6) is 0 Å². The molecule has 0 aromatic heterocycles. The van der Waals surface area contributed by atoms with Gasteiger partial charge in [-0.1, -0.05) is 27.2 Å². The second kappa shape index (κ2) is 7.01. The summed E-state index contributed by atoms with van der Waals surface area (Å²) in [6, 6.07) is 2.56. The summed E-state index contributed by atoms with van der Waals surface area (Å²) >= 11 is 0. The van der Waals surface area contributed by atoms with Crippen molar-refractivity contribution >= 4 is 0 Å². The quantitative estimate of drug-likeness (QED) is 0.623. The van der Waals surface area contributed by atoms with Crippen LogP contribution in [-0.2, 0) is 4.74 Å². The first kappa shape index (κ1) is 14.5. The fraction of sp³-hybridized carbons (Fsp3) is 0.933. The molecule has 0 radical (unpaired) electrons. The number of nitriles is 1.